The molecular formula is C42H71N5O8. The van der Waals surface area contributed by atoms with Gasteiger partial charge in [0.05, 0.1) is 42.7 Å². The molecule has 1 aromatic rings. The molecule has 0 aromatic heterocycles. The number of carboxylic acids is 1. The van der Waals surface area contributed by atoms with Crippen LogP contribution in [0.2, 0.25) is 0 Å². The van der Waals surface area contributed by atoms with Gasteiger partial charge in [-0.3, -0.25) is 24.1 Å². The molecule has 0 spiro atoms. The Kier molecular flexibility index (Phi) is 19.3. The molecule has 1 fully saturated rings. The van der Waals surface area contributed by atoms with E-state index in [2.05, 4.69) is 10.6 Å². The number of ether oxygens (including phenoxy) is 2. The smallest absolute Gasteiger partial charge is 0.326 e. The van der Waals surface area contributed by atoms with E-state index in [0.29, 0.717) is 19.4 Å². The van der Waals surface area contributed by atoms with Crippen LogP contribution in [-0.2, 0) is 39.9 Å². The molecule has 9 atom stereocenters. The van der Waals surface area contributed by atoms with E-state index in [1.807, 2.05) is 97.7 Å². The van der Waals surface area contributed by atoms with Crippen LogP contribution >= 0.6 is 0 Å². The highest BCUT2D eigenvalue weighted by Crippen LogP contribution is 2.30. The van der Waals surface area contributed by atoms with Crippen molar-refractivity contribution in [2.24, 2.45) is 23.7 Å². The van der Waals surface area contributed by atoms with Crippen LogP contribution in [0.5, 0.6) is 0 Å². The maximum Gasteiger partial charge on any atom is 0.326 e. The first-order valence-corrected chi connectivity index (χ1v) is 20.0. The van der Waals surface area contributed by atoms with E-state index in [0.717, 1.165) is 12.0 Å². The number of hydrogen-bond acceptors (Lipinski definition) is 8. The Hall–Kier alpha value is -3.55. The Bertz CT molecular complexity index is 1390. The van der Waals surface area contributed by atoms with E-state index in [1.54, 1.807) is 30.9 Å². The molecule has 0 saturated carbocycles. The number of carbonyl (C=O) groups excluding carboxylic acids is 4. The van der Waals surface area contributed by atoms with Gasteiger partial charge in [-0.15, -0.1) is 0 Å². The van der Waals surface area contributed by atoms with Gasteiger partial charge in [0, 0.05) is 40.3 Å². The Balaban J connectivity index is 2.29. The van der Waals surface area contributed by atoms with Crippen molar-refractivity contribution in [1.29, 1.82) is 0 Å². The summed E-state index contributed by atoms with van der Waals surface area (Å²) < 4.78 is 11.9. The number of likely N-dealkylation sites (tertiary alicyclic amines) is 1. The van der Waals surface area contributed by atoms with Crippen LogP contribution in [0.15, 0.2) is 30.3 Å². The second-order valence-corrected chi connectivity index (χ2v) is 16.4. The van der Waals surface area contributed by atoms with Gasteiger partial charge in [-0.2, -0.15) is 0 Å². The summed E-state index contributed by atoms with van der Waals surface area (Å²) >= 11 is 0. The summed E-state index contributed by atoms with van der Waals surface area (Å²) in [5, 5.41) is 15.7. The van der Waals surface area contributed by atoms with E-state index >= 15 is 0 Å². The Morgan fingerprint density at radius 3 is 2.00 bits per heavy atom. The van der Waals surface area contributed by atoms with Crippen LogP contribution in [0.25, 0.3) is 0 Å². The third-order valence-electron chi connectivity index (χ3n) is 11.5. The Labute approximate surface area is 330 Å². The second kappa shape index (κ2) is 22.3. The standard InChI is InChI=1S/C42H71N5O8/c1-14-28(8)37(46(11)41(51)35(25(2)3)44-40(50)36(26(4)5)45(10)27(6)7)33(54-12)24-34(48)47-22-18-21-32(47)38(55-13)29(9)39(49)43-31(42(52)53)23-30-19-16-15-17-20-30/h15-17,19-20,25-29,31-33,35-38H,14,18,21-24H2,1-13H3,(H,43,49)(H,44,50)(H,52,53)/t28?,29-,31?,32+,33-,35+,36+,37+,38-/m1/s1. The maximum atomic E-state index is 14.3. The summed E-state index contributed by atoms with van der Waals surface area (Å²) in [6, 6.07) is 6.00. The first-order valence-electron chi connectivity index (χ1n) is 20.0. The largest absolute Gasteiger partial charge is 0.480 e. The minimum atomic E-state index is -1.14. The van der Waals surface area contributed by atoms with Gasteiger partial charge < -0.3 is 35.0 Å². The fraction of sp³-hybridized carbons (Fsp3) is 0.738. The van der Waals surface area contributed by atoms with Gasteiger partial charge in [0.1, 0.15) is 12.1 Å². The van der Waals surface area contributed by atoms with Crippen molar-refractivity contribution in [3.05, 3.63) is 35.9 Å². The number of rotatable bonds is 22. The number of hydrogen-bond donors (Lipinski definition) is 3. The lowest BCUT2D eigenvalue weighted by atomic mass is 9.89. The zero-order valence-electron chi connectivity index (χ0n) is 35.7. The molecule has 3 N–H and O–H groups in total. The van der Waals surface area contributed by atoms with E-state index in [9.17, 15) is 29.1 Å². The summed E-state index contributed by atoms with van der Waals surface area (Å²) in [7, 11) is 6.69. The zero-order valence-corrected chi connectivity index (χ0v) is 35.7. The monoisotopic (exact) mass is 774 g/mol. The summed E-state index contributed by atoms with van der Waals surface area (Å²) in [6.45, 7) is 18.1. The number of carboxylic acid groups (broad SMARTS) is 1. The SMILES string of the molecule is CCC(C)[C@@H]([C@@H](CC(=O)N1CCC[C@H]1[C@H](OC)[C@@H](C)C(=O)NC(Cc1ccccc1)C(=O)O)OC)N(C)C(=O)[C@@H](NC(=O)[C@H](C(C)C)N(C)C(C)C)C(C)C. The van der Waals surface area contributed by atoms with Gasteiger partial charge in [0.2, 0.25) is 23.6 Å². The van der Waals surface area contributed by atoms with Crippen molar-refractivity contribution in [3.63, 3.8) is 0 Å². The number of aliphatic carboxylic acids is 1. The number of likely N-dealkylation sites (N-methyl/N-ethyl adjacent to an activating group) is 2. The van der Waals surface area contributed by atoms with Crippen molar-refractivity contribution < 1.29 is 38.6 Å². The minimum absolute atomic E-state index is 0.0118. The predicted molar refractivity (Wildman–Crippen MR) is 214 cm³/mol. The molecule has 4 amide bonds. The van der Waals surface area contributed by atoms with Crippen LogP contribution in [0.4, 0.5) is 0 Å². The molecule has 1 aliphatic heterocycles. The topological polar surface area (TPSA) is 158 Å². The van der Waals surface area contributed by atoms with Gasteiger partial charge in [-0.05, 0) is 57.1 Å². The first kappa shape index (κ1) is 47.6. The minimum Gasteiger partial charge on any atom is -0.480 e. The molecule has 0 radical (unpaired) electrons. The lowest BCUT2D eigenvalue weighted by Gasteiger charge is -2.41. The van der Waals surface area contributed by atoms with Gasteiger partial charge in [0.15, 0.2) is 0 Å². The molecular weight excluding hydrogens is 702 g/mol. The highest BCUT2D eigenvalue weighted by molar-refractivity contribution is 5.90. The molecule has 312 valence electrons. The van der Waals surface area contributed by atoms with Crippen LogP contribution in [0.1, 0.15) is 93.6 Å². The molecule has 13 heteroatoms. The molecule has 2 rings (SSSR count). The number of amides is 4. The number of nitrogens with zero attached hydrogens (tertiary/aromatic N) is 3. The second-order valence-electron chi connectivity index (χ2n) is 16.4. The summed E-state index contributed by atoms with van der Waals surface area (Å²) in [5.41, 5.74) is 0.785. The Morgan fingerprint density at radius 1 is 0.891 bits per heavy atom. The van der Waals surface area contributed by atoms with Crippen LogP contribution in [0, 0.1) is 23.7 Å². The Morgan fingerprint density at radius 2 is 1.51 bits per heavy atom. The van der Waals surface area contributed by atoms with E-state index < -0.39 is 60.2 Å². The van der Waals surface area contributed by atoms with E-state index in [4.69, 9.17) is 9.47 Å². The molecule has 1 aliphatic rings. The number of benzene rings is 1. The average molecular weight is 774 g/mol. The molecule has 1 aromatic carbocycles. The summed E-state index contributed by atoms with van der Waals surface area (Å²) in [6.07, 6.45) is 0.808. The molecule has 0 aliphatic carbocycles. The first-order chi connectivity index (χ1) is 25.8. The van der Waals surface area contributed by atoms with E-state index in [-0.39, 0.29) is 54.4 Å². The quantitative estimate of drug-likeness (QED) is 0.157. The van der Waals surface area contributed by atoms with Crippen molar-refractivity contribution in [1.82, 2.24) is 25.3 Å². The molecule has 1 saturated heterocycles. The van der Waals surface area contributed by atoms with Gasteiger partial charge in [0.25, 0.3) is 0 Å². The van der Waals surface area contributed by atoms with E-state index in [1.165, 1.54) is 7.11 Å². The third kappa shape index (κ3) is 12.7. The third-order valence-corrected chi connectivity index (χ3v) is 11.5. The van der Waals surface area contributed by atoms with Crippen LogP contribution in [-0.4, -0.2) is 133 Å². The van der Waals surface area contributed by atoms with Crippen molar-refractivity contribution in [3.8, 4) is 0 Å². The normalized spacial score (nSPS) is 19.1. The van der Waals surface area contributed by atoms with Gasteiger partial charge >= 0.3 is 5.97 Å². The van der Waals surface area contributed by atoms with Gasteiger partial charge in [-0.25, -0.2) is 4.79 Å². The fourth-order valence-electron chi connectivity index (χ4n) is 7.91. The predicted octanol–water partition coefficient (Wildman–Crippen LogP) is 4.22. The highest BCUT2D eigenvalue weighted by atomic mass is 16.5. The number of carbonyl (C=O) groups is 5. The lowest BCUT2D eigenvalue weighted by molar-refractivity contribution is -0.148. The van der Waals surface area contributed by atoms with Crippen molar-refractivity contribution in [2.45, 2.75) is 143 Å². The van der Waals surface area contributed by atoms with Crippen molar-refractivity contribution >= 4 is 29.6 Å². The lowest BCUT2D eigenvalue weighted by Crippen LogP contribution is -2.60. The molecule has 2 unspecified atom stereocenters. The molecule has 13 nitrogen and oxygen atoms in total. The maximum absolute atomic E-state index is 14.3. The van der Waals surface area contributed by atoms with Gasteiger partial charge in [-0.1, -0.05) is 85.2 Å². The highest BCUT2D eigenvalue weighted by Gasteiger charge is 2.43. The van der Waals surface area contributed by atoms with Crippen LogP contribution < -0.4 is 10.6 Å². The fourth-order valence-corrected chi connectivity index (χ4v) is 7.91. The summed E-state index contributed by atoms with van der Waals surface area (Å²) in [5.74, 6) is -3.21. The molecule has 1 heterocycles. The average Bonchev–Trinajstić information content (AvgIpc) is 3.62. The summed E-state index contributed by atoms with van der Waals surface area (Å²) in [4.78, 5) is 73.3. The van der Waals surface area contributed by atoms with Crippen molar-refractivity contribution in [2.75, 3.05) is 34.9 Å². The number of nitrogens with one attached hydrogen (secondary N) is 2. The molecule has 55 heavy (non-hydrogen) atoms. The molecule has 0 bridgehead atoms. The van der Waals surface area contributed by atoms with Crippen LogP contribution in [0.3, 0.4) is 0 Å². The zero-order chi connectivity index (χ0) is 41.7. The number of methoxy groups -OCH3 is 2.